The van der Waals surface area contributed by atoms with Gasteiger partial charge in [0, 0.05) is 11.4 Å². The summed E-state index contributed by atoms with van der Waals surface area (Å²) in [5.41, 5.74) is 3.70. The summed E-state index contributed by atoms with van der Waals surface area (Å²) in [6.45, 7) is 6.01. The second-order valence-corrected chi connectivity index (χ2v) is 5.62. The maximum atomic E-state index is 11.9. The first-order chi connectivity index (χ1) is 11.5. The molecule has 0 aliphatic rings. The first-order valence-corrected chi connectivity index (χ1v) is 8.04. The number of nitrogens with one attached hydrogen (secondary N) is 1. The van der Waals surface area contributed by atoms with E-state index in [1.54, 1.807) is 4.68 Å². The van der Waals surface area contributed by atoms with Crippen molar-refractivity contribution < 1.29 is 14.3 Å². The molecule has 2 aromatic rings. The minimum Gasteiger partial charge on any atom is -0.456 e. The number of aryl methyl sites for hydroxylation is 4. The quantitative estimate of drug-likeness (QED) is 0.793. The Morgan fingerprint density at radius 1 is 1.25 bits per heavy atom. The molecule has 0 fully saturated rings. The van der Waals surface area contributed by atoms with Gasteiger partial charge in [0.2, 0.25) is 0 Å². The molecule has 6 nitrogen and oxygen atoms in total. The van der Waals surface area contributed by atoms with Crippen molar-refractivity contribution in [2.75, 3.05) is 11.9 Å². The summed E-state index contributed by atoms with van der Waals surface area (Å²) < 4.78 is 6.78. The third-order valence-corrected chi connectivity index (χ3v) is 3.67. The topological polar surface area (TPSA) is 73.2 Å². The molecule has 0 aliphatic carbocycles. The van der Waals surface area contributed by atoms with E-state index in [0.717, 1.165) is 29.1 Å². The van der Waals surface area contributed by atoms with Gasteiger partial charge in [-0.1, -0.05) is 25.1 Å². The average molecular weight is 329 g/mol. The van der Waals surface area contributed by atoms with Crippen LogP contribution in [0.15, 0.2) is 30.3 Å². The first kappa shape index (κ1) is 17.7. The van der Waals surface area contributed by atoms with Crippen LogP contribution < -0.4 is 5.32 Å². The van der Waals surface area contributed by atoms with Gasteiger partial charge in [-0.3, -0.25) is 14.3 Å². The Hall–Kier alpha value is -2.63. The molecule has 0 bridgehead atoms. The van der Waals surface area contributed by atoms with Crippen molar-refractivity contribution in [1.82, 2.24) is 9.78 Å². The van der Waals surface area contributed by atoms with Crippen molar-refractivity contribution in [2.45, 2.75) is 40.2 Å². The van der Waals surface area contributed by atoms with E-state index in [4.69, 9.17) is 4.74 Å². The third-order valence-electron chi connectivity index (χ3n) is 3.67. The van der Waals surface area contributed by atoms with Gasteiger partial charge in [0.1, 0.15) is 0 Å². The van der Waals surface area contributed by atoms with Crippen molar-refractivity contribution in [3.8, 4) is 0 Å². The third kappa shape index (κ3) is 4.94. The van der Waals surface area contributed by atoms with Crippen LogP contribution in [0.5, 0.6) is 0 Å². The molecule has 1 aromatic carbocycles. The second-order valence-electron chi connectivity index (χ2n) is 5.62. The summed E-state index contributed by atoms with van der Waals surface area (Å²) in [6, 6.07) is 9.52. The number of carbonyl (C=O) groups is 2. The number of amides is 1. The molecule has 0 unspecified atom stereocenters. The number of aromatic nitrogens is 2. The summed E-state index contributed by atoms with van der Waals surface area (Å²) in [5, 5.41) is 7.05. The van der Waals surface area contributed by atoms with Gasteiger partial charge < -0.3 is 10.1 Å². The highest BCUT2D eigenvalue weighted by molar-refractivity contribution is 5.93. The summed E-state index contributed by atoms with van der Waals surface area (Å²) in [4.78, 5) is 23.7. The Labute approximate surface area is 141 Å². The van der Waals surface area contributed by atoms with Gasteiger partial charge in [-0.15, -0.1) is 0 Å². The lowest BCUT2D eigenvalue weighted by molar-refractivity contribution is -0.147. The highest BCUT2D eigenvalue weighted by Gasteiger charge is 2.10. The molecule has 2 rings (SSSR count). The molecule has 1 amide bonds. The number of anilines is 1. The number of hydrogen-bond acceptors (Lipinski definition) is 4. The monoisotopic (exact) mass is 329 g/mol. The molecule has 0 radical (unpaired) electrons. The van der Waals surface area contributed by atoms with Crippen LogP contribution in [0, 0.1) is 13.8 Å². The van der Waals surface area contributed by atoms with E-state index in [-0.39, 0.29) is 18.9 Å². The molecule has 0 saturated heterocycles. The number of para-hydroxylation sites is 1. The van der Waals surface area contributed by atoms with Crippen LogP contribution in [0.2, 0.25) is 0 Å². The summed E-state index contributed by atoms with van der Waals surface area (Å²) in [7, 11) is 0. The van der Waals surface area contributed by atoms with E-state index in [1.165, 1.54) is 0 Å². The molecule has 24 heavy (non-hydrogen) atoms. The Bertz CT molecular complexity index is 722. The first-order valence-electron chi connectivity index (χ1n) is 8.04. The van der Waals surface area contributed by atoms with Gasteiger partial charge in [0.25, 0.3) is 5.91 Å². The Morgan fingerprint density at radius 2 is 2.00 bits per heavy atom. The molecule has 1 aromatic heterocycles. The average Bonchev–Trinajstić information content (AvgIpc) is 2.89. The van der Waals surface area contributed by atoms with Gasteiger partial charge in [0.05, 0.1) is 18.7 Å². The maximum absolute atomic E-state index is 11.9. The van der Waals surface area contributed by atoms with Crippen molar-refractivity contribution in [1.29, 1.82) is 0 Å². The van der Waals surface area contributed by atoms with Gasteiger partial charge in [0.15, 0.2) is 6.61 Å². The largest absolute Gasteiger partial charge is 0.456 e. The second kappa shape index (κ2) is 8.29. The summed E-state index contributed by atoms with van der Waals surface area (Å²) in [6.07, 6.45) is 1.000. The van der Waals surface area contributed by atoms with Gasteiger partial charge in [-0.05, 0) is 38.0 Å². The lowest BCUT2D eigenvalue weighted by atomic mass is 10.1. The van der Waals surface area contributed by atoms with Crippen LogP contribution in [0.3, 0.4) is 0 Å². The van der Waals surface area contributed by atoms with Gasteiger partial charge in [-0.25, -0.2) is 0 Å². The Kier molecular flexibility index (Phi) is 6.12. The van der Waals surface area contributed by atoms with E-state index < -0.39 is 5.97 Å². The minimum atomic E-state index is -0.415. The normalized spacial score (nSPS) is 10.5. The number of ether oxygens (including phenoxy) is 1. The number of nitrogens with zero attached hydrogens (tertiary/aromatic N) is 2. The van der Waals surface area contributed by atoms with Crippen molar-refractivity contribution in [2.24, 2.45) is 0 Å². The molecule has 0 atom stereocenters. The van der Waals surface area contributed by atoms with Crippen LogP contribution in [0.4, 0.5) is 5.69 Å². The van der Waals surface area contributed by atoms with Crippen molar-refractivity contribution in [3.63, 3.8) is 0 Å². The Balaban J connectivity index is 1.77. The van der Waals surface area contributed by atoms with Gasteiger partial charge >= 0.3 is 5.97 Å². The van der Waals surface area contributed by atoms with Crippen LogP contribution >= 0.6 is 0 Å². The maximum Gasteiger partial charge on any atom is 0.308 e. The van der Waals surface area contributed by atoms with Crippen molar-refractivity contribution >= 4 is 17.6 Å². The van der Waals surface area contributed by atoms with Crippen LogP contribution in [-0.2, 0) is 27.3 Å². The minimum absolute atomic E-state index is 0.181. The zero-order valence-corrected chi connectivity index (χ0v) is 14.3. The predicted octanol–water partition coefficient (Wildman–Crippen LogP) is 2.63. The number of hydrogen-bond donors (Lipinski definition) is 1. The molecule has 0 saturated carbocycles. The lowest BCUT2D eigenvalue weighted by Gasteiger charge is -2.10. The molecular formula is C18H23N3O3. The van der Waals surface area contributed by atoms with E-state index in [9.17, 15) is 9.59 Å². The molecule has 1 N–H and O–H groups in total. The molecule has 0 aliphatic heterocycles. The molecule has 6 heteroatoms. The number of rotatable bonds is 7. The number of carbonyl (C=O) groups excluding carboxylic acids is 2. The Morgan fingerprint density at radius 3 is 2.67 bits per heavy atom. The van der Waals surface area contributed by atoms with Crippen molar-refractivity contribution in [3.05, 3.63) is 47.3 Å². The van der Waals surface area contributed by atoms with E-state index in [0.29, 0.717) is 6.54 Å². The lowest BCUT2D eigenvalue weighted by Crippen LogP contribution is -2.22. The predicted molar refractivity (Wildman–Crippen MR) is 91.7 cm³/mol. The highest BCUT2D eigenvalue weighted by Crippen LogP contribution is 2.15. The fraction of sp³-hybridized carbons (Fsp3) is 0.389. The van der Waals surface area contributed by atoms with E-state index in [2.05, 4.69) is 10.4 Å². The van der Waals surface area contributed by atoms with E-state index >= 15 is 0 Å². The number of benzene rings is 1. The smallest absolute Gasteiger partial charge is 0.308 e. The van der Waals surface area contributed by atoms with Crippen LogP contribution in [0.1, 0.15) is 30.3 Å². The van der Waals surface area contributed by atoms with Gasteiger partial charge in [-0.2, -0.15) is 5.10 Å². The SMILES string of the molecule is CCc1ccccc1NC(=O)COC(=O)CCn1nc(C)cc1C. The highest BCUT2D eigenvalue weighted by atomic mass is 16.5. The summed E-state index contributed by atoms with van der Waals surface area (Å²) >= 11 is 0. The fourth-order valence-electron chi connectivity index (χ4n) is 2.45. The van der Waals surface area contributed by atoms with E-state index in [1.807, 2.05) is 51.1 Å². The molecule has 1 heterocycles. The molecular weight excluding hydrogens is 306 g/mol. The fourth-order valence-corrected chi connectivity index (χ4v) is 2.45. The van der Waals surface area contributed by atoms with Crippen LogP contribution in [-0.4, -0.2) is 28.3 Å². The molecule has 0 spiro atoms. The zero-order valence-electron chi connectivity index (χ0n) is 14.3. The zero-order chi connectivity index (χ0) is 17.5. The van der Waals surface area contributed by atoms with Crippen LogP contribution in [0.25, 0.3) is 0 Å². The summed E-state index contributed by atoms with van der Waals surface area (Å²) in [5.74, 6) is -0.753. The molecule has 128 valence electrons. The number of esters is 1. The standard InChI is InChI=1S/C18H23N3O3/c1-4-15-7-5-6-8-16(15)19-17(22)12-24-18(23)9-10-21-14(3)11-13(2)20-21/h5-8,11H,4,9-10,12H2,1-3H3,(H,19,22).